The Bertz CT molecular complexity index is 1180. The van der Waals surface area contributed by atoms with Crippen molar-refractivity contribution in [1.82, 2.24) is 24.4 Å². The third kappa shape index (κ3) is 3.66. The number of hydrogen-bond donors (Lipinski definition) is 1. The van der Waals surface area contributed by atoms with Crippen LogP contribution in [0.2, 0.25) is 0 Å². The number of aromatic nitrogens is 4. The molecule has 4 aromatic rings. The average Bonchev–Trinajstić information content (AvgIpc) is 3.39. The Kier molecular flexibility index (Phi) is 5.52. The lowest BCUT2D eigenvalue weighted by molar-refractivity contribution is 0.0951. The van der Waals surface area contributed by atoms with E-state index >= 15 is 0 Å². The predicted octanol–water partition coefficient (Wildman–Crippen LogP) is 3.88. The number of fused-ring (bicyclic) bond motifs is 1. The molecule has 4 rings (SSSR count). The van der Waals surface area contributed by atoms with Crippen molar-refractivity contribution < 1.29 is 9.53 Å². The van der Waals surface area contributed by atoms with Gasteiger partial charge in [0, 0.05) is 48.3 Å². The number of nitrogens with one attached hydrogen (secondary N) is 1. The van der Waals surface area contributed by atoms with Gasteiger partial charge in [0.1, 0.15) is 17.9 Å². The van der Waals surface area contributed by atoms with E-state index in [1.165, 1.54) is 0 Å². The summed E-state index contributed by atoms with van der Waals surface area (Å²) in [5.74, 6) is 1.41. The molecule has 0 aliphatic carbocycles. The van der Waals surface area contributed by atoms with Crippen LogP contribution >= 0.6 is 0 Å². The van der Waals surface area contributed by atoms with Crippen LogP contribution in [0, 0.1) is 6.92 Å². The van der Waals surface area contributed by atoms with Crippen LogP contribution in [0.1, 0.15) is 35.0 Å². The minimum absolute atomic E-state index is 0.0957. The van der Waals surface area contributed by atoms with Crippen molar-refractivity contribution in [2.75, 3.05) is 7.11 Å². The zero-order valence-corrected chi connectivity index (χ0v) is 17.4. The zero-order chi connectivity index (χ0) is 21.1. The van der Waals surface area contributed by atoms with Gasteiger partial charge in [0.2, 0.25) is 0 Å². The number of benzene rings is 1. The molecule has 1 amide bonds. The molecule has 1 aromatic carbocycles. The maximum absolute atomic E-state index is 13.2. The number of amides is 1. The molecule has 0 fully saturated rings. The molecule has 1 N–H and O–H groups in total. The fraction of sp³-hybridized carbons (Fsp3) is 0.261. The zero-order valence-electron chi connectivity index (χ0n) is 17.4. The lowest BCUT2D eigenvalue weighted by Crippen LogP contribution is -2.23. The molecule has 0 bridgehead atoms. The molecular weight excluding hydrogens is 378 g/mol. The van der Waals surface area contributed by atoms with Gasteiger partial charge in [-0.1, -0.05) is 6.92 Å². The summed E-state index contributed by atoms with van der Waals surface area (Å²) >= 11 is 0. The lowest BCUT2D eigenvalue weighted by Gasteiger charge is -2.09. The SMILES string of the molecule is CCCn1c(C)c(C(=O)NCc2ccnc(-n3ccnc3)c2)c2cc(OC)ccc21. The molecule has 7 heteroatoms. The highest BCUT2D eigenvalue weighted by atomic mass is 16.5. The summed E-state index contributed by atoms with van der Waals surface area (Å²) in [4.78, 5) is 21.6. The summed E-state index contributed by atoms with van der Waals surface area (Å²) in [7, 11) is 1.64. The Balaban J connectivity index is 1.62. The summed E-state index contributed by atoms with van der Waals surface area (Å²) in [5, 5.41) is 3.98. The molecular formula is C23H25N5O2. The van der Waals surface area contributed by atoms with E-state index in [-0.39, 0.29) is 5.91 Å². The van der Waals surface area contributed by atoms with Crippen LogP contribution < -0.4 is 10.1 Å². The van der Waals surface area contributed by atoms with Gasteiger partial charge in [-0.05, 0) is 49.2 Å². The Morgan fingerprint density at radius 1 is 1.20 bits per heavy atom. The van der Waals surface area contributed by atoms with E-state index in [2.05, 4.69) is 26.8 Å². The van der Waals surface area contributed by atoms with Crippen molar-refractivity contribution in [3.8, 4) is 11.6 Å². The Morgan fingerprint density at radius 2 is 2.07 bits per heavy atom. The Labute approximate surface area is 175 Å². The van der Waals surface area contributed by atoms with Gasteiger partial charge in [0.25, 0.3) is 5.91 Å². The van der Waals surface area contributed by atoms with Gasteiger partial charge in [-0.15, -0.1) is 0 Å². The molecule has 3 heterocycles. The third-order valence-electron chi connectivity index (χ3n) is 5.24. The van der Waals surface area contributed by atoms with Crippen LogP contribution in [0.25, 0.3) is 16.7 Å². The number of ether oxygens (including phenoxy) is 1. The van der Waals surface area contributed by atoms with Crippen molar-refractivity contribution in [3.05, 3.63) is 72.1 Å². The van der Waals surface area contributed by atoms with Crippen molar-refractivity contribution in [2.24, 2.45) is 0 Å². The highest BCUT2D eigenvalue weighted by molar-refractivity contribution is 6.08. The molecule has 0 aliphatic heterocycles. The van der Waals surface area contributed by atoms with E-state index in [0.29, 0.717) is 12.1 Å². The van der Waals surface area contributed by atoms with Crippen molar-refractivity contribution in [2.45, 2.75) is 33.4 Å². The van der Waals surface area contributed by atoms with Crippen LogP contribution in [-0.4, -0.2) is 32.1 Å². The Hall–Kier alpha value is -3.61. The molecule has 0 saturated heterocycles. The third-order valence-corrected chi connectivity index (χ3v) is 5.24. The summed E-state index contributed by atoms with van der Waals surface area (Å²) in [6.45, 7) is 5.41. The van der Waals surface area contributed by atoms with E-state index in [1.807, 2.05) is 48.0 Å². The van der Waals surface area contributed by atoms with Crippen LogP contribution in [0.3, 0.4) is 0 Å². The minimum Gasteiger partial charge on any atom is -0.497 e. The second-order valence-corrected chi connectivity index (χ2v) is 7.17. The molecule has 0 spiro atoms. The maximum atomic E-state index is 13.2. The molecule has 0 aliphatic rings. The number of methoxy groups -OCH3 is 1. The summed E-state index contributed by atoms with van der Waals surface area (Å²) < 4.78 is 9.42. The number of carbonyl (C=O) groups is 1. The van der Waals surface area contributed by atoms with E-state index < -0.39 is 0 Å². The van der Waals surface area contributed by atoms with E-state index in [1.54, 1.807) is 25.8 Å². The average molecular weight is 403 g/mol. The first-order chi connectivity index (χ1) is 14.6. The topological polar surface area (TPSA) is 74.0 Å². The number of rotatable bonds is 7. The quantitative estimate of drug-likeness (QED) is 0.508. The molecule has 30 heavy (non-hydrogen) atoms. The van der Waals surface area contributed by atoms with Crippen molar-refractivity contribution in [3.63, 3.8) is 0 Å². The smallest absolute Gasteiger partial charge is 0.254 e. The standard InChI is InChI=1S/C23H25N5O2/c1-4-10-28-16(2)22(19-13-18(30-3)5-6-20(19)28)23(29)26-14-17-7-8-25-21(12-17)27-11-9-24-15-27/h5-9,11-13,15H,4,10,14H2,1-3H3,(H,26,29). The molecule has 154 valence electrons. The fourth-order valence-corrected chi connectivity index (χ4v) is 3.76. The first kappa shape index (κ1) is 19.7. The van der Waals surface area contributed by atoms with Gasteiger partial charge in [-0.3, -0.25) is 9.36 Å². The summed E-state index contributed by atoms with van der Waals surface area (Å²) in [6.07, 6.45) is 7.97. The highest BCUT2D eigenvalue weighted by Crippen LogP contribution is 2.29. The molecule has 0 radical (unpaired) electrons. The first-order valence-corrected chi connectivity index (χ1v) is 10.0. The molecule has 7 nitrogen and oxygen atoms in total. The molecule has 0 saturated carbocycles. The van der Waals surface area contributed by atoms with E-state index in [9.17, 15) is 4.79 Å². The highest BCUT2D eigenvalue weighted by Gasteiger charge is 2.20. The number of carbonyl (C=O) groups excluding carboxylic acids is 1. The molecule has 0 atom stereocenters. The first-order valence-electron chi connectivity index (χ1n) is 10.0. The van der Waals surface area contributed by atoms with E-state index in [0.717, 1.165) is 46.7 Å². The fourth-order valence-electron chi connectivity index (χ4n) is 3.76. The van der Waals surface area contributed by atoms with Crippen LogP contribution in [-0.2, 0) is 13.1 Å². The molecule has 0 unspecified atom stereocenters. The van der Waals surface area contributed by atoms with Gasteiger partial charge < -0.3 is 14.6 Å². The second-order valence-electron chi connectivity index (χ2n) is 7.17. The molecule has 3 aromatic heterocycles. The summed E-state index contributed by atoms with van der Waals surface area (Å²) in [5.41, 5.74) is 3.67. The lowest BCUT2D eigenvalue weighted by atomic mass is 10.1. The number of nitrogens with zero attached hydrogens (tertiary/aromatic N) is 4. The number of aryl methyl sites for hydroxylation is 1. The maximum Gasteiger partial charge on any atom is 0.254 e. The number of hydrogen-bond acceptors (Lipinski definition) is 4. The van der Waals surface area contributed by atoms with Crippen LogP contribution in [0.15, 0.2) is 55.2 Å². The second kappa shape index (κ2) is 8.41. The normalized spacial score (nSPS) is 11.0. The van der Waals surface area contributed by atoms with Crippen LogP contribution in [0.5, 0.6) is 5.75 Å². The van der Waals surface area contributed by atoms with E-state index in [4.69, 9.17) is 4.74 Å². The van der Waals surface area contributed by atoms with Crippen LogP contribution in [0.4, 0.5) is 0 Å². The predicted molar refractivity (Wildman–Crippen MR) is 116 cm³/mol. The monoisotopic (exact) mass is 403 g/mol. The van der Waals surface area contributed by atoms with Gasteiger partial charge in [0.15, 0.2) is 0 Å². The van der Waals surface area contributed by atoms with Crippen molar-refractivity contribution >= 4 is 16.8 Å². The van der Waals surface area contributed by atoms with Crippen molar-refractivity contribution in [1.29, 1.82) is 0 Å². The number of imidazole rings is 1. The van der Waals surface area contributed by atoms with Gasteiger partial charge in [-0.2, -0.15) is 0 Å². The van der Waals surface area contributed by atoms with Gasteiger partial charge in [-0.25, -0.2) is 9.97 Å². The summed E-state index contributed by atoms with van der Waals surface area (Å²) in [6, 6.07) is 9.74. The Morgan fingerprint density at radius 3 is 2.80 bits per heavy atom. The largest absolute Gasteiger partial charge is 0.497 e. The van der Waals surface area contributed by atoms with Gasteiger partial charge >= 0.3 is 0 Å². The van der Waals surface area contributed by atoms with Gasteiger partial charge in [0.05, 0.1) is 12.7 Å². The number of pyridine rings is 1. The minimum atomic E-state index is -0.0957.